The molecule has 2 saturated carbocycles. The highest BCUT2D eigenvalue weighted by Gasteiger charge is 2.76. The summed E-state index contributed by atoms with van der Waals surface area (Å²) in [6.45, 7) is 11.1. The van der Waals surface area contributed by atoms with E-state index in [-0.39, 0.29) is 41.1 Å². The number of ether oxygens (including phenoxy) is 2. The Morgan fingerprint density at radius 3 is 2.59 bits per heavy atom. The lowest BCUT2D eigenvalue weighted by Crippen LogP contribution is -2.65. The number of esters is 2. The molecule has 2 unspecified atom stereocenters. The lowest BCUT2D eigenvalue weighted by Gasteiger charge is -2.48. The quantitative estimate of drug-likeness (QED) is 0.144. The van der Waals surface area contributed by atoms with Crippen LogP contribution in [0.4, 0.5) is 0 Å². The first-order chi connectivity index (χ1) is 18.3. The van der Waals surface area contributed by atoms with Gasteiger partial charge in [-0.1, -0.05) is 70.9 Å². The maximum absolute atomic E-state index is 14.5. The van der Waals surface area contributed by atoms with Gasteiger partial charge in [-0.15, -0.1) is 0 Å². The third-order valence-electron chi connectivity index (χ3n) is 9.84. The number of hydrogen-bond donors (Lipinski definition) is 2. The number of carbonyl (C=O) groups is 3. The number of Topliss-reactive ketones (excluding diaryl/α,β-unsaturated/α-hetero) is 1. The molecule has 0 radical (unpaired) electrons. The highest BCUT2D eigenvalue weighted by atomic mass is 16.6. The summed E-state index contributed by atoms with van der Waals surface area (Å²) in [6.07, 6.45) is 12.3. The van der Waals surface area contributed by atoms with E-state index < -0.39 is 41.1 Å². The summed E-state index contributed by atoms with van der Waals surface area (Å²) in [4.78, 5) is 39.1. The van der Waals surface area contributed by atoms with Crippen molar-refractivity contribution < 1.29 is 34.1 Å². The topological polar surface area (TPSA) is 110 Å². The summed E-state index contributed by atoms with van der Waals surface area (Å²) >= 11 is 0. The number of carbonyl (C=O) groups excluding carboxylic acids is 3. The largest absolute Gasteiger partial charge is 0.461 e. The van der Waals surface area contributed by atoms with Crippen molar-refractivity contribution in [2.24, 2.45) is 34.5 Å². The predicted molar refractivity (Wildman–Crippen MR) is 147 cm³/mol. The van der Waals surface area contributed by atoms with E-state index >= 15 is 0 Å². The Morgan fingerprint density at radius 2 is 1.92 bits per heavy atom. The highest BCUT2D eigenvalue weighted by Crippen LogP contribution is 2.71. The third-order valence-corrected chi connectivity index (χ3v) is 9.84. The molecular weight excluding hydrogens is 496 g/mol. The number of unbranched alkanes of at least 4 members (excludes halogenated alkanes) is 3. The molecule has 0 aromatic rings. The number of hydrogen-bond acceptors (Lipinski definition) is 7. The standard InChI is InChI=1S/C32H44O7/c1-7-8-9-10-11-12-13-14-25(34)39-29-19(2)17-31-20(3)15-24-26(30(24,5)6)23(28(31)36)16-22(18-38-21(4)33)27(35)32(29,31)37/h11-14,16-17,20,23-24,26-27,29,35,37H,7-10,15,18H2,1-6H3/b12-11+,14-13+/t20-,23?,24-,26+,27-,29+,31?,32+/m1/s1. The molecular formula is C32H44O7. The van der Waals surface area contributed by atoms with Crippen molar-refractivity contribution in [3.05, 3.63) is 47.6 Å². The van der Waals surface area contributed by atoms with Crippen molar-refractivity contribution in [3.63, 3.8) is 0 Å². The van der Waals surface area contributed by atoms with E-state index in [9.17, 15) is 24.6 Å². The molecule has 7 heteroatoms. The van der Waals surface area contributed by atoms with Gasteiger partial charge in [-0.25, -0.2) is 4.79 Å². The zero-order chi connectivity index (χ0) is 28.8. The summed E-state index contributed by atoms with van der Waals surface area (Å²) in [5, 5.41) is 24.3. The number of aliphatic hydroxyl groups excluding tert-OH is 1. The number of fused-ring (bicyclic) bond motifs is 3. The van der Waals surface area contributed by atoms with Gasteiger partial charge in [0.25, 0.3) is 0 Å². The average Bonchev–Trinajstić information content (AvgIpc) is 3.36. The second-order valence-corrected chi connectivity index (χ2v) is 12.6. The molecule has 0 amide bonds. The van der Waals surface area contributed by atoms with Crippen LogP contribution in [0.5, 0.6) is 0 Å². The molecule has 214 valence electrons. The number of rotatable bonds is 9. The molecule has 4 rings (SSSR count). The van der Waals surface area contributed by atoms with Crippen molar-refractivity contribution in [2.75, 3.05) is 6.61 Å². The Morgan fingerprint density at radius 1 is 1.21 bits per heavy atom. The Balaban J connectivity index is 1.69. The van der Waals surface area contributed by atoms with Gasteiger partial charge in [-0.05, 0) is 60.5 Å². The van der Waals surface area contributed by atoms with E-state index in [1.165, 1.54) is 13.0 Å². The van der Waals surface area contributed by atoms with Crippen LogP contribution in [0.1, 0.15) is 73.6 Å². The van der Waals surface area contributed by atoms with Crippen molar-refractivity contribution >= 4 is 17.7 Å². The minimum atomic E-state index is -2.14. The molecule has 2 N–H and O–H groups in total. The Hall–Kier alpha value is -2.51. The van der Waals surface area contributed by atoms with Crippen LogP contribution in [0, 0.1) is 34.5 Å². The van der Waals surface area contributed by atoms with Crippen LogP contribution in [0.15, 0.2) is 47.6 Å². The summed E-state index contributed by atoms with van der Waals surface area (Å²) in [5.74, 6) is -1.92. The second kappa shape index (κ2) is 10.8. The zero-order valence-corrected chi connectivity index (χ0v) is 24.1. The van der Waals surface area contributed by atoms with E-state index in [1.807, 2.05) is 13.0 Å². The summed E-state index contributed by atoms with van der Waals surface area (Å²) < 4.78 is 11.1. The maximum atomic E-state index is 14.5. The minimum absolute atomic E-state index is 0.0519. The van der Waals surface area contributed by atoms with Gasteiger partial charge in [0, 0.05) is 18.9 Å². The second-order valence-electron chi connectivity index (χ2n) is 12.6. The summed E-state index contributed by atoms with van der Waals surface area (Å²) in [6, 6.07) is 0. The maximum Gasteiger partial charge on any atom is 0.331 e. The van der Waals surface area contributed by atoms with E-state index in [0.29, 0.717) is 12.0 Å². The van der Waals surface area contributed by atoms with E-state index in [2.05, 4.69) is 20.8 Å². The SMILES string of the molecule is CCCCC/C=C/C=C/C(=O)O[C@H]1C(C)=CC23C(=O)C(C=C(COC(C)=O)[C@@H](O)[C@]12O)[C@H]1[C@@H](C[C@H]3C)C1(C)C. The first kappa shape index (κ1) is 29.5. The average molecular weight is 541 g/mol. The molecule has 4 aliphatic rings. The van der Waals surface area contributed by atoms with Crippen LogP contribution in [0.3, 0.4) is 0 Å². The smallest absolute Gasteiger partial charge is 0.331 e. The lowest BCUT2D eigenvalue weighted by atomic mass is 9.59. The fraction of sp³-hybridized carbons (Fsp3) is 0.656. The first-order valence-electron chi connectivity index (χ1n) is 14.4. The van der Waals surface area contributed by atoms with Crippen LogP contribution >= 0.6 is 0 Å². The molecule has 8 atom stereocenters. The van der Waals surface area contributed by atoms with Crippen LogP contribution < -0.4 is 0 Å². The van der Waals surface area contributed by atoms with Gasteiger partial charge >= 0.3 is 11.9 Å². The molecule has 4 aliphatic carbocycles. The van der Waals surface area contributed by atoms with Gasteiger partial charge in [0.05, 0.1) is 5.41 Å². The van der Waals surface area contributed by atoms with Crippen molar-refractivity contribution in [1.29, 1.82) is 0 Å². The molecule has 0 aromatic carbocycles. The monoisotopic (exact) mass is 540 g/mol. The van der Waals surface area contributed by atoms with Gasteiger partial charge in [-0.3, -0.25) is 9.59 Å². The molecule has 7 nitrogen and oxygen atoms in total. The first-order valence-corrected chi connectivity index (χ1v) is 14.4. The third kappa shape index (κ3) is 4.76. The van der Waals surface area contributed by atoms with E-state index in [4.69, 9.17) is 9.47 Å². The summed E-state index contributed by atoms with van der Waals surface area (Å²) in [5.41, 5.74) is -2.87. The normalized spacial score (nSPS) is 38.4. The zero-order valence-electron chi connectivity index (χ0n) is 24.1. The van der Waals surface area contributed by atoms with Gasteiger partial charge in [0.1, 0.15) is 12.7 Å². The lowest BCUT2D eigenvalue weighted by molar-refractivity contribution is -0.201. The van der Waals surface area contributed by atoms with Crippen molar-refractivity contribution in [2.45, 2.75) is 91.5 Å². The Kier molecular flexibility index (Phi) is 8.17. The highest BCUT2D eigenvalue weighted by molar-refractivity contribution is 5.95. The van der Waals surface area contributed by atoms with Gasteiger partial charge in [-0.2, -0.15) is 0 Å². The molecule has 2 bridgehead atoms. The molecule has 2 fully saturated rings. The van der Waals surface area contributed by atoms with Gasteiger partial charge in [0.15, 0.2) is 17.5 Å². The number of aliphatic hydroxyl groups is 2. The number of ketones is 1. The van der Waals surface area contributed by atoms with Crippen LogP contribution in [0.25, 0.3) is 0 Å². The minimum Gasteiger partial charge on any atom is -0.461 e. The van der Waals surface area contributed by atoms with Crippen LogP contribution in [-0.2, 0) is 23.9 Å². The van der Waals surface area contributed by atoms with E-state index in [0.717, 1.165) is 25.7 Å². The van der Waals surface area contributed by atoms with Gasteiger partial charge < -0.3 is 19.7 Å². The molecule has 0 aliphatic heterocycles. The van der Waals surface area contributed by atoms with Crippen molar-refractivity contribution in [3.8, 4) is 0 Å². The molecule has 0 aromatic heterocycles. The molecule has 1 spiro atoms. The molecule has 0 saturated heterocycles. The van der Waals surface area contributed by atoms with Gasteiger partial charge in [0.2, 0.25) is 0 Å². The fourth-order valence-electron chi connectivity index (χ4n) is 7.74. The number of allylic oxidation sites excluding steroid dienone is 4. The molecule has 0 heterocycles. The Labute approximate surface area is 232 Å². The predicted octanol–water partition coefficient (Wildman–Crippen LogP) is 4.63. The van der Waals surface area contributed by atoms with E-state index in [1.54, 1.807) is 31.2 Å². The van der Waals surface area contributed by atoms with Crippen LogP contribution in [0.2, 0.25) is 0 Å². The molecule has 39 heavy (non-hydrogen) atoms. The fourth-order valence-corrected chi connectivity index (χ4v) is 7.74. The van der Waals surface area contributed by atoms with Crippen LogP contribution in [-0.4, -0.2) is 52.4 Å². The Bertz CT molecular complexity index is 1130. The summed E-state index contributed by atoms with van der Waals surface area (Å²) in [7, 11) is 0. The van der Waals surface area contributed by atoms with Crippen molar-refractivity contribution in [1.82, 2.24) is 0 Å².